The average molecular weight is 937 g/mol. The van der Waals surface area contributed by atoms with Gasteiger partial charge >= 0.3 is 17.9 Å². The van der Waals surface area contributed by atoms with Crippen LogP contribution in [0.3, 0.4) is 0 Å². The van der Waals surface area contributed by atoms with Crippen molar-refractivity contribution >= 4 is 65.2 Å². The van der Waals surface area contributed by atoms with Gasteiger partial charge < -0.3 is 81.0 Å². The maximum absolute atomic E-state index is 14.0. The van der Waals surface area contributed by atoms with Crippen molar-refractivity contribution in [2.75, 3.05) is 13.1 Å². The first-order valence-electron chi connectivity index (χ1n) is 21.0. The first-order valence-corrected chi connectivity index (χ1v) is 21.0. The van der Waals surface area contributed by atoms with Crippen molar-refractivity contribution in [3.63, 3.8) is 0 Å². The zero-order chi connectivity index (χ0) is 50.1. The summed E-state index contributed by atoms with van der Waals surface area (Å²) >= 11 is 0. The van der Waals surface area contributed by atoms with E-state index in [1.807, 2.05) is 0 Å². The van der Waals surface area contributed by atoms with Gasteiger partial charge in [-0.15, -0.1) is 0 Å². The van der Waals surface area contributed by atoms with Crippen LogP contribution in [0.5, 0.6) is 5.75 Å². The molecule has 368 valence electrons. The molecule has 26 heteroatoms. The van der Waals surface area contributed by atoms with Crippen LogP contribution in [0.25, 0.3) is 0 Å². The summed E-state index contributed by atoms with van der Waals surface area (Å²) in [6, 6.07) is -5.08. The number of carbonyl (C=O) groups excluding carboxylic acids is 7. The lowest BCUT2D eigenvalue weighted by Gasteiger charge is -2.28. The lowest BCUT2D eigenvalue weighted by atomic mass is 10.0. The molecule has 0 aliphatic carbocycles. The van der Waals surface area contributed by atoms with Gasteiger partial charge in [-0.2, -0.15) is 0 Å². The van der Waals surface area contributed by atoms with E-state index in [2.05, 4.69) is 36.9 Å². The molecule has 7 atom stereocenters. The summed E-state index contributed by atoms with van der Waals surface area (Å²) in [6.45, 7) is 3.18. The van der Waals surface area contributed by atoms with E-state index in [1.165, 1.54) is 38.1 Å². The molecular weight excluding hydrogens is 873 g/mol. The van der Waals surface area contributed by atoms with Gasteiger partial charge in [0.25, 0.3) is 0 Å². The van der Waals surface area contributed by atoms with E-state index in [0.717, 1.165) is 0 Å². The number of unbranched alkanes of at least 4 members (excludes halogenated alkanes) is 1. The van der Waals surface area contributed by atoms with Crippen molar-refractivity contribution in [2.45, 2.75) is 127 Å². The van der Waals surface area contributed by atoms with Crippen LogP contribution in [-0.4, -0.2) is 141 Å². The Balaban J connectivity index is 3.43. The monoisotopic (exact) mass is 936 g/mol. The summed E-state index contributed by atoms with van der Waals surface area (Å²) in [7, 11) is 0. The third-order valence-electron chi connectivity index (χ3n) is 9.73. The van der Waals surface area contributed by atoms with E-state index in [1.54, 1.807) is 0 Å². The number of nitrogens with zero attached hydrogens (tertiary/aromatic N) is 1. The van der Waals surface area contributed by atoms with E-state index >= 15 is 0 Å². The minimum atomic E-state index is -1.85. The normalized spacial score (nSPS) is 14.1. The molecular formula is C40H64N12O14. The van der Waals surface area contributed by atoms with E-state index in [4.69, 9.17) is 33.8 Å². The number of nitrogens with two attached hydrogens (primary N) is 5. The Labute approximate surface area is 380 Å². The topological polar surface area (TPSA) is 466 Å². The average Bonchev–Trinajstić information content (AvgIpc) is 3.23. The van der Waals surface area contributed by atoms with Crippen molar-refractivity contribution < 1.29 is 68.4 Å². The highest BCUT2D eigenvalue weighted by atomic mass is 16.4. The van der Waals surface area contributed by atoms with Gasteiger partial charge in [0.1, 0.15) is 42.0 Å². The van der Waals surface area contributed by atoms with Crippen LogP contribution in [0.4, 0.5) is 0 Å². The SMILES string of the molecule is CC(C)C(NC(=O)C(CC(=O)O)NC(=O)C(CCCCN)NC(=O)C(CCCN=C(N)N)NC(=O)C(CCC(N)=O)NC(=O)C(N)CCC(=O)O)C(=O)NC(Cc1ccc(O)cc1)C(=O)O. The van der Waals surface area contributed by atoms with Gasteiger partial charge in [0.2, 0.25) is 41.4 Å². The largest absolute Gasteiger partial charge is 0.508 e. The number of hydrogen-bond donors (Lipinski definition) is 15. The number of amides is 7. The van der Waals surface area contributed by atoms with Gasteiger partial charge in [0, 0.05) is 25.8 Å². The van der Waals surface area contributed by atoms with E-state index < -0.39 is 127 Å². The molecule has 0 aliphatic heterocycles. The summed E-state index contributed by atoms with van der Waals surface area (Å²) in [5, 5.41) is 52.4. The van der Waals surface area contributed by atoms with Crippen LogP contribution >= 0.6 is 0 Å². The van der Waals surface area contributed by atoms with E-state index in [9.17, 15) is 63.3 Å². The van der Waals surface area contributed by atoms with Crippen LogP contribution < -0.4 is 60.6 Å². The molecule has 7 unspecified atom stereocenters. The second-order valence-corrected chi connectivity index (χ2v) is 15.6. The predicted molar refractivity (Wildman–Crippen MR) is 234 cm³/mol. The number of benzene rings is 1. The van der Waals surface area contributed by atoms with Crippen molar-refractivity contribution in [1.82, 2.24) is 31.9 Å². The highest BCUT2D eigenvalue weighted by Gasteiger charge is 2.35. The molecule has 0 saturated carbocycles. The fraction of sp³-hybridized carbons (Fsp3) is 0.575. The first kappa shape index (κ1) is 56.9. The van der Waals surface area contributed by atoms with Gasteiger partial charge in [-0.1, -0.05) is 26.0 Å². The zero-order valence-electron chi connectivity index (χ0n) is 36.8. The first-order chi connectivity index (χ1) is 30.9. The second kappa shape index (κ2) is 29.4. The van der Waals surface area contributed by atoms with Crippen molar-refractivity contribution in [3.8, 4) is 5.75 Å². The highest BCUT2D eigenvalue weighted by Crippen LogP contribution is 2.13. The van der Waals surface area contributed by atoms with E-state index in [-0.39, 0.29) is 69.7 Å². The fourth-order valence-corrected chi connectivity index (χ4v) is 6.10. The summed E-state index contributed by atoms with van der Waals surface area (Å²) < 4.78 is 0. The fourth-order valence-electron chi connectivity index (χ4n) is 6.10. The maximum Gasteiger partial charge on any atom is 0.326 e. The molecule has 0 bridgehead atoms. The van der Waals surface area contributed by atoms with Crippen LogP contribution in [-0.2, 0) is 54.4 Å². The molecule has 66 heavy (non-hydrogen) atoms. The molecule has 0 radical (unpaired) electrons. The summed E-state index contributed by atoms with van der Waals surface area (Å²) in [5.74, 6) is -12.1. The highest BCUT2D eigenvalue weighted by molar-refractivity contribution is 5.98. The molecule has 0 aliphatic rings. The number of carbonyl (C=O) groups is 10. The molecule has 1 rings (SSSR count). The van der Waals surface area contributed by atoms with Crippen LogP contribution in [0.15, 0.2) is 29.3 Å². The Morgan fingerprint density at radius 2 is 1.09 bits per heavy atom. The molecule has 0 heterocycles. The minimum absolute atomic E-state index is 0.0283. The number of phenolic OH excluding ortho intramolecular Hbond substituents is 1. The quantitative estimate of drug-likeness (QED) is 0.0185. The van der Waals surface area contributed by atoms with Crippen molar-refractivity contribution in [1.29, 1.82) is 0 Å². The molecule has 20 N–H and O–H groups in total. The number of carboxylic acids is 3. The van der Waals surface area contributed by atoms with Gasteiger partial charge in [-0.25, -0.2) is 4.79 Å². The Morgan fingerprint density at radius 3 is 1.58 bits per heavy atom. The molecule has 1 aromatic rings. The second-order valence-electron chi connectivity index (χ2n) is 15.6. The molecule has 26 nitrogen and oxygen atoms in total. The number of aliphatic carboxylic acids is 3. The number of carboxylic acid groups (broad SMARTS) is 3. The minimum Gasteiger partial charge on any atom is -0.508 e. The van der Waals surface area contributed by atoms with Crippen LogP contribution in [0.2, 0.25) is 0 Å². The standard InChI is InChI=1S/C40H64N12O14/c1-20(2)32(38(64)51-28(39(65)66)18-21-8-10-22(53)11-9-21)52-37(63)27(19-31(57)58)50-35(61)24(6-3-4-16-41)48-34(60)25(7-5-17-46-40(44)45)49-36(62)26(13-14-29(43)54)47-33(59)23(42)12-15-30(55)56/h8-11,20,23-28,32,53H,3-7,12-19,41-42H2,1-2H3,(H2,43,54)(H,47,59)(H,48,60)(H,49,62)(H,50,61)(H,51,64)(H,52,63)(H,55,56)(H,57,58)(H,65,66)(H4,44,45,46). The van der Waals surface area contributed by atoms with Gasteiger partial charge in [0.05, 0.1) is 12.5 Å². The number of aromatic hydroxyl groups is 1. The molecule has 0 aromatic heterocycles. The number of aliphatic imine (C=N–C) groups is 1. The Hall–Kier alpha value is -7.09. The molecule has 1 aromatic carbocycles. The third-order valence-corrected chi connectivity index (χ3v) is 9.73. The zero-order valence-corrected chi connectivity index (χ0v) is 36.8. The Bertz CT molecular complexity index is 1880. The van der Waals surface area contributed by atoms with Crippen LogP contribution in [0, 0.1) is 5.92 Å². The Morgan fingerprint density at radius 1 is 0.591 bits per heavy atom. The number of primary amides is 1. The van der Waals surface area contributed by atoms with Crippen molar-refractivity contribution in [3.05, 3.63) is 29.8 Å². The van der Waals surface area contributed by atoms with Gasteiger partial charge in [-0.3, -0.25) is 48.1 Å². The summed E-state index contributed by atoms with van der Waals surface area (Å²) in [4.78, 5) is 132. The number of phenols is 1. The lowest BCUT2D eigenvalue weighted by molar-refractivity contribution is -0.143. The van der Waals surface area contributed by atoms with Gasteiger partial charge in [-0.05, 0) is 75.1 Å². The summed E-state index contributed by atoms with van der Waals surface area (Å²) in [6.07, 6.45) is -2.42. The predicted octanol–water partition coefficient (Wildman–Crippen LogP) is -4.30. The van der Waals surface area contributed by atoms with E-state index in [0.29, 0.717) is 12.0 Å². The summed E-state index contributed by atoms with van der Waals surface area (Å²) in [5.41, 5.74) is 28.0. The Kier molecular flexibility index (Phi) is 25.3. The molecule has 0 saturated heterocycles. The number of hydrogen-bond acceptors (Lipinski definition) is 14. The van der Waals surface area contributed by atoms with Gasteiger partial charge in [0.15, 0.2) is 5.96 Å². The lowest BCUT2D eigenvalue weighted by Crippen LogP contribution is -2.60. The third kappa shape index (κ3) is 22.5. The number of guanidine groups is 1. The van der Waals surface area contributed by atoms with Crippen molar-refractivity contribution in [2.24, 2.45) is 39.6 Å². The number of rotatable bonds is 32. The smallest absolute Gasteiger partial charge is 0.326 e. The van der Waals surface area contributed by atoms with Crippen LogP contribution in [0.1, 0.15) is 83.6 Å². The molecule has 0 fully saturated rings. The number of nitrogens with one attached hydrogen (secondary N) is 6. The molecule has 7 amide bonds. The maximum atomic E-state index is 14.0. The molecule has 0 spiro atoms.